The monoisotopic (exact) mass is 415 g/mol. The number of carbonyl (C=O) groups excluding carboxylic acids is 1. The van der Waals surface area contributed by atoms with Crippen molar-refractivity contribution in [1.82, 2.24) is 24.7 Å². The van der Waals surface area contributed by atoms with Gasteiger partial charge in [-0.3, -0.25) is 19.1 Å². The summed E-state index contributed by atoms with van der Waals surface area (Å²) in [5.74, 6) is 0.158. The van der Waals surface area contributed by atoms with Crippen LogP contribution in [0, 0.1) is 13.8 Å². The van der Waals surface area contributed by atoms with Gasteiger partial charge < -0.3 is 9.72 Å². The molecule has 3 aromatic rings. The number of benzene rings is 1. The van der Waals surface area contributed by atoms with Crippen molar-refractivity contribution in [2.75, 3.05) is 7.11 Å². The molecular weight excluding hydrogens is 394 g/mol. The Morgan fingerprint density at radius 1 is 1.21 bits per heavy atom. The average molecular weight is 415 g/mol. The fraction of sp³-hybridized carbons (Fsp3) is 0.316. The van der Waals surface area contributed by atoms with Gasteiger partial charge in [-0.05, 0) is 38.0 Å². The Balaban J connectivity index is 2.11. The van der Waals surface area contributed by atoms with Crippen LogP contribution in [0.1, 0.15) is 29.6 Å². The molecule has 10 heteroatoms. The standard InChI is InChI=1S/C19H21N5O4S/c1-10-5-6-11(2)14(7-10)24-15(8-13-9-16(25)21-18(27)20-13)22-23-19(24)29-12(3)17(26)28-4/h5-7,9,12H,8H2,1-4H3,(H2,20,21,25,27)/t12-/m0/s1. The Morgan fingerprint density at radius 3 is 2.66 bits per heavy atom. The minimum absolute atomic E-state index is 0.187. The zero-order valence-electron chi connectivity index (χ0n) is 16.5. The molecule has 0 amide bonds. The molecule has 0 saturated carbocycles. The predicted octanol–water partition coefficient (Wildman–Crippen LogP) is 1.51. The first-order valence-corrected chi connectivity index (χ1v) is 9.75. The maximum Gasteiger partial charge on any atom is 0.325 e. The van der Waals surface area contributed by atoms with Crippen molar-refractivity contribution >= 4 is 17.7 Å². The van der Waals surface area contributed by atoms with E-state index in [-0.39, 0.29) is 12.4 Å². The third kappa shape index (κ3) is 4.65. The summed E-state index contributed by atoms with van der Waals surface area (Å²) in [4.78, 5) is 39.9. The Labute approximate surface area is 170 Å². The summed E-state index contributed by atoms with van der Waals surface area (Å²) in [6, 6.07) is 7.30. The van der Waals surface area contributed by atoms with Crippen molar-refractivity contribution in [3.8, 4) is 5.69 Å². The molecule has 9 nitrogen and oxygen atoms in total. The highest BCUT2D eigenvalue weighted by atomic mass is 32.2. The second kappa shape index (κ2) is 8.48. The number of methoxy groups -OCH3 is 1. The first-order chi connectivity index (χ1) is 13.8. The fourth-order valence-electron chi connectivity index (χ4n) is 2.85. The molecule has 1 aromatic carbocycles. The molecule has 0 fully saturated rings. The Morgan fingerprint density at radius 2 is 1.97 bits per heavy atom. The van der Waals surface area contributed by atoms with E-state index in [1.807, 2.05) is 36.6 Å². The number of aryl methyl sites for hydroxylation is 2. The summed E-state index contributed by atoms with van der Waals surface area (Å²) in [5.41, 5.74) is 2.23. The molecule has 3 rings (SSSR count). The lowest BCUT2D eigenvalue weighted by molar-refractivity contribution is -0.139. The Bertz CT molecular complexity index is 1140. The van der Waals surface area contributed by atoms with E-state index in [0.29, 0.717) is 16.7 Å². The maximum absolute atomic E-state index is 11.9. The summed E-state index contributed by atoms with van der Waals surface area (Å²) in [6.45, 7) is 5.67. The first kappa shape index (κ1) is 20.6. The molecule has 2 heterocycles. The summed E-state index contributed by atoms with van der Waals surface area (Å²) in [6.07, 6.45) is 0.187. The zero-order valence-corrected chi connectivity index (χ0v) is 17.3. The summed E-state index contributed by atoms with van der Waals surface area (Å²) < 4.78 is 6.65. The van der Waals surface area contributed by atoms with Crippen molar-refractivity contribution < 1.29 is 9.53 Å². The van der Waals surface area contributed by atoms with Gasteiger partial charge in [0.15, 0.2) is 5.16 Å². The molecule has 0 radical (unpaired) electrons. The Kier molecular flexibility index (Phi) is 6.02. The third-order valence-electron chi connectivity index (χ3n) is 4.29. The molecule has 0 aliphatic carbocycles. The van der Waals surface area contributed by atoms with Crippen LogP contribution >= 0.6 is 11.8 Å². The quantitative estimate of drug-likeness (QED) is 0.462. The van der Waals surface area contributed by atoms with Gasteiger partial charge in [-0.25, -0.2) is 4.79 Å². The molecular formula is C19H21N5O4S. The Hall–Kier alpha value is -3.14. The number of hydrogen-bond donors (Lipinski definition) is 2. The number of thioether (sulfide) groups is 1. The van der Waals surface area contributed by atoms with Crippen LogP contribution in [-0.2, 0) is 16.0 Å². The molecule has 2 aromatic heterocycles. The van der Waals surface area contributed by atoms with E-state index in [9.17, 15) is 14.4 Å². The van der Waals surface area contributed by atoms with Gasteiger partial charge in [0.05, 0.1) is 12.8 Å². The molecule has 1 atom stereocenters. The van der Waals surface area contributed by atoms with E-state index in [4.69, 9.17) is 4.74 Å². The van der Waals surface area contributed by atoms with Crippen molar-refractivity contribution in [3.63, 3.8) is 0 Å². The van der Waals surface area contributed by atoms with Gasteiger partial charge in [-0.15, -0.1) is 10.2 Å². The third-order valence-corrected chi connectivity index (χ3v) is 5.31. The molecule has 0 spiro atoms. The highest BCUT2D eigenvalue weighted by molar-refractivity contribution is 8.00. The van der Waals surface area contributed by atoms with Crippen LogP contribution in [0.3, 0.4) is 0 Å². The highest BCUT2D eigenvalue weighted by Gasteiger charge is 2.22. The zero-order chi connectivity index (χ0) is 21.1. The lowest BCUT2D eigenvalue weighted by Crippen LogP contribution is -2.23. The SMILES string of the molecule is COC(=O)[C@H](C)Sc1nnc(Cc2cc(=O)[nH]c(=O)[nH]2)n1-c1cc(C)ccc1C. The topological polar surface area (TPSA) is 123 Å². The number of ether oxygens (including phenoxy) is 1. The van der Waals surface area contributed by atoms with E-state index in [1.54, 1.807) is 6.92 Å². The van der Waals surface area contributed by atoms with Crippen LogP contribution in [0.4, 0.5) is 0 Å². The molecule has 2 N–H and O–H groups in total. The number of H-pyrrole nitrogens is 2. The van der Waals surface area contributed by atoms with Gasteiger partial charge in [-0.1, -0.05) is 23.9 Å². The molecule has 0 saturated heterocycles. The average Bonchev–Trinajstić information content (AvgIpc) is 3.04. The van der Waals surface area contributed by atoms with Crippen molar-refractivity contribution in [3.05, 3.63) is 67.7 Å². The first-order valence-electron chi connectivity index (χ1n) is 8.87. The lowest BCUT2D eigenvalue weighted by Gasteiger charge is -2.15. The molecule has 0 aliphatic rings. The van der Waals surface area contributed by atoms with Crippen LogP contribution in [0.25, 0.3) is 5.69 Å². The fourth-order valence-corrected chi connectivity index (χ4v) is 3.76. The second-order valence-corrected chi connectivity index (χ2v) is 7.91. The van der Waals surface area contributed by atoms with Gasteiger partial charge in [0, 0.05) is 18.2 Å². The molecule has 0 unspecified atom stereocenters. The van der Waals surface area contributed by atoms with Gasteiger partial charge >= 0.3 is 11.7 Å². The van der Waals surface area contributed by atoms with E-state index < -0.39 is 16.5 Å². The molecule has 29 heavy (non-hydrogen) atoms. The number of nitrogens with zero attached hydrogens (tertiary/aromatic N) is 3. The van der Waals surface area contributed by atoms with Gasteiger partial charge in [0.1, 0.15) is 11.1 Å². The number of aromatic amines is 2. The summed E-state index contributed by atoms with van der Waals surface area (Å²) in [7, 11) is 1.34. The largest absolute Gasteiger partial charge is 0.468 e. The number of nitrogens with one attached hydrogen (secondary N) is 2. The molecule has 0 aliphatic heterocycles. The van der Waals surface area contributed by atoms with Crippen LogP contribution < -0.4 is 11.2 Å². The van der Waals surface area contributed by atoms with Gasteiger partial charge in [0.2, 0.25) is 0 Å². The van der Waals surface area contributed by atoms with E-state index in [2.05, 4.69) is 20.2 Å². The van der Waals surface area contributed by atoms with Crippen LogP contribution in [0.15, 0.2) is 39.0 Å². The van der Waals surface area contributed by atoms with E-state index in [0.717, 1.165) is 16.8 Å². The lowest BCUT2D eigenvalue weighted by atomic mass is 10.1. The number of aromatic nitrogens is 5. The summed E-state index contributed by atoms with van der Waals surface area (Å²) >= 11 is 1.22. The maximum atomic E-state index is 11.9. The second-order valence-electron chi connectivity index (χ2n) is 6.60. The number of esters is 1. The van der Waals surface area contributed by atoms with Crippen molar-refractivity contribution in [1.29, 1.82) is 0 Å². The molecule has 0 bridgehead atoms. The minimum Gasteiger partial charge on any atom is -0.468 e. The number of rotatable bonds is 6. The minimum atomic E-state index is -0.584. The highest BCUT2D eigenvalue weighted by Crippen LogP contribution is 2.28. The molecule has 152 valence electrons. The van der Waals surface area contributed by atoms with Crippen molar-refractivity contribution in [2.24, 2.45) is 0 Å². The summed E-state index contributed by atoms with van der Waals surface area (Å²) in [5, 5.41) is 8.54. The van der Waals surface area contributed by atoms with Crippen LogP contribution in [0.5, 0.6) is 0 Å². The van der Waals surface area contributed by atoms with Crippen LogP contribution in [-0.4, -0.2) is 43.1 Å². The number of carbonyl (C=O) groups is 1. The van der Waals surface area contributed by atoms with E-state index in [1.165, 1.54) is 24.9 Å². The normalized spacial score (nSPS) is 12.0. The number of hydrogen-bond acceptors (Lipinski definition) is 7. The van der Waals surface area contributed by atoms with Gasteiger partial charge in [-0.2, -0.15) is 0 Å². The smallest absolute Gasteiger partial charge is 0.325 e. The van der Waals surface area contributed by atoms with E-state index >= 15 is 0 Å². The van der Waals surface area contributed by atoms with Crippen LogP contribution in [0.2, 0.25) is 0 Å². The van der Waals surface area contributed by atoms with Crippen molar-refractivity contribution in [2.45, 2.75) is 37.6 Å². The van der Waals surface area contributed by atoms with Gasteiger partial charge in [0.25, 0.3) is 5.56 Å². The predicted molar refractivity (Wildman–Crippen MR) is 109 cm³/mol.